The molecule has 2 amide bonds. The smallest absolute Gasteiger partial charge is 0.407 e. The molecule has 33 heavy (non-hydrogen) atoms. The lowest BCUT2D eigenvalue weighted by atomic mass is 9.98. The van der Waals surface area contributed by atoms with Gasteiger partial charge in [-0.25, -0.2) is 9.59 Å². The van der Waals surface area contributed by atoms with Gasteiger partial charge in [-0.1, -0.05) is 48.5 Å². The lowest BCUT2D eigenvalue weighted by molar-refractivity contribution is -0.171. The van der Waals surface area contributed by atoms with Crippen LogP contribution in [0.1, 0.15) is 36.8 Å². The first-order chi connectivity index (χ1) is 15.7. The molecule has 1 fully saturated rings. The molecule has 0 aliphatic heterocycles. The fourth-order valence-electron chi connectivity index (χ4n) is 4.23. The van der Waals surface area contributed by atoms with Crippen molar-refractivity contribution in [3.63, 3.8) is 0 Å². The molecule has 2 unspecified atom stereocenters. The lowest BCUT2D eigenvalue weighted by Crippen LogP contribution is -2.57. The van der Waals surface area contributed by atoms with E-state index in [0.717, 1.165) is 22.3 Å². The van der Waals surface area contributed by atoms with E-state index in [2.05, 4.69) is 10.6 Å². The van der Waals surface area contributed by atoms with Gasteiger partial charge in [0.25, 0.3) is 0 Å². The van der Waals surface area contributed by atoms with E-state index in [1.165, 1.54) is 6.92 Å². The summed E-state index contributed by atoms with van der Waals surface area (Å²) in [6, 6.07) is 12.6. The van der Waals surface area contributed by atoms with Gasteiger partial charge in [-0.3, -0.25) is 4.79 Å². The van der Waals surface area contributed by atoms with Crippen LogP contribution in [-0.2, 0) is 14.3 Å². The molecule has 9 heteroatoms. The number of alkyl halides is 2. The van der Waals surface area contributed by atoms with Crippen molar-refractivity contribution in [3.8, 4) is 11.1 Å². The summed E-state index contributed by atoms with van der Waals surface area (Å²) in [4.78, 5) is 35.6. The maximum atomic E-state index is 14.0. The van der Waals surface area contributed by atoms with Gasteiger partial charge in [-0.15, -0.1) is 0 Å². The Balaban J connectivity index is 1.35. The van der Waals surface area contributed by atoms with Gasteiger partial charge in [0.05, 0.1) is 0 Å². The van der Waals surface area contributed by atoms with Crippen molar-refractivity contribution in [2.45, 2.75) is 43.7 Å². The number of amides is 2. The molecule has 7 nitrogen and oxygen atoms in total. The van der Waals surface area contributed by atoms with E-state index in [4.69, 9.17) is 9.84 Å². The summed E-state index contributed by atoms with van der Waals surface area (Å²) >= 11 is 0. The number of hydrogen-bond donors (Lipinski definition) is 3. The average Bonchev–Trinajstić information content (AvgIpc) is 3.58. The van der Waals surface area contributed by atoms with Gasteiger partial charge >= 0.3 is 18.0 Å². The molecule has 1 saturated carbocycles. The Labute approximate surface area is 189 Å². The summed E-state index contributed by atoms with van der Waals surface area (Å²) < 4.78 is 33.4. The van der Waals surface area contributed by atoms with E-state index in [1.807, 2.05) is 48.5 Å². The summed E-state index contributed by atoms with van der Waals surface area (Å²) in [5.74, 6) is -8.07. The molecule has 174 valence electrons. The number of carbonyl (C=O) groups excluding carboxylic acids is 2. The maximum Gasteiger partial charge on any atom is 0.407 e. The highest BCUT2D eigenvalue weighted by Gasteiger charge is 2.54. The predicted molar refractivity (Wildman–Crippen MR) is 115 cm³/mol. The number of hydrogen-bond acceptors (Lipinski definition) is 4. The topological polar surface area (TPSA) is 105 Å². The molecular weight excluding hydrogens is 434 g/mol. The third kappa shape index (κ3) is 4.53. The lowest BCUT2D eigenvalue weighted by Gasteiger charge is -2.26. The third-order valence-corrected chi connectivity index (χ3v) is 6.14. The van der Waals surface area contributed by atoms with Gasteiger partial charge < -0.3 is 20.5 Å². The SMILES string of the molecule is CC(NC(=O)OCC1c2ccccc2-c2ccccc21)C(=O)NC(C1CC1)C(F)(F)C(=O)O. The van der Waals surface area contributed by atoms with E-state index >= 15 is 0 Å². The second kappa shape index (κ2) is 8.80. The van der Waals surface area contributed by atoms with Crippen LogP contribution < -0.4 is 10.6 Å². The molecular formula is C24H24F2N2O5. The van der Waals surface area contributed by atoms with Crippen molar-refractivity contribution in [2.24, 2.45) is 5.92 Å². The van der Waals surface area contributed by atoms with Crippen LogP contribution in [0.4, 0.5) is 13.6 Å². The van der Waals surface area contributed by atoms with Crippen LogP contribution in [0.25, 0.3) is 11.1 Å². The second-order valence-corrected chi connectivity index (χ2v) is 8.44. The number of carboxylic acids is 1. The molecule has 0 aromatic heterocycles. The molecule has 2 atom stereocenters. The normalized spacial score (nSPS) is 16.8. The summed E-state index contributed by atoms with van der Waals surface area (Å²) in [6.07, 6.45) is -0.0585. The third-order valence-electron chi connectivity index (χ3n) is 6.14. The average molecular weight is 458 g/mol. The highest BCUT2D eigenvalue weighted by Crippen LogP contribution is 2.44. The number of carbonyl (C=O) groups is 3. The number of aliphatic carboxylic acids is 1. The molecule has 2 aliphatic rings. The van der Waals surface area contributed by atoms with Crippen LogP contribution in [0, 0.1) is 5.92 Å². The van der Waals surface area contributed by atoms with Crippen molar-refractivity contribution in [1.29, 1.82) is 0 Å². The Kier molecular flexibility index (Phi) is 6.05. The van der Waals surface area contributed by atoms with Crippen molar-refractivity contribution in [3.05, 3.63) is 59.7 Å². The molecule has 2 aromatic rings. The quantitative estimate of drug-likeness (QED) is 0.561. The summed E-state index contributed by atoms with van der Waals surface area (Å²) in [7, 11) is 0. The molecule has 3 N–H and O–H groups in total. The van der Waals surface area contributed by atoms with Gasteiger partial charge in [-0.2, -0.15) is 8.78 Å². The Morgan fingerprint density at radius 1 is 1.03 bits per heavy atom. The van der Waals surface area contributed by atoms with Gasteiger partial charge in [0.15, 0.2) is 0 Å². The summed E-state index contributed by atoms with van der Waals surface area (Å²) in [5.41, 5.74) is 4.20. The first-order valence-corrected chi connectivity index (χ1v) is 10.7. The van der Waals surface area contributed by atoms with E-state index in [1.54, 1.807) is 0 Å². The number of halogens is 2. The number of nitrogens with one attached hydrogen (secondary N) is 2. The molecule has 0 radical (unpaired) electrons. The fraction of sp³-hybridized carbons (Fsp3) is 0.375. The highest BCUT2D eigenvalue weighted by atomic mass is 19.3. The molecule has 0 bridgehead atoms. The van der Waals surface area contributed by atoms with Crippen molar-refractivity contribution in [1.82, 2.24) is 10.6 Å². The number of rotatable bonds is 8. The first kappa shape index (κ1) is 22.7. The number of benzene rings is 2. The largest absolute Gasteiger partial charge is 0.477 e. The summed E-state index contributed by atoms with van der Waals surface area (Å²) in [5, 5.41) is 13.2. The van der Waals surface area contributed by atoms with Gasteiger partial charge in [-0.05, 0) is 47.9 Å². The number of fused-ring (bicyclic) bond motifs is 3. The zero-order valence-electron chi connectivity index (χ0n) is 17.9. The van der Waals surface area contributed by atoms with Crippen LogP contribution in [0.2, 0.25) is 0 Å². The molecule has 0 heterocycles. The Morgan fingerprint density at radius 3 is 2.09 bits per heavy atom. The van der Waals surface area contributed by atoms with E-state index < -0.39 is 41.9 Å². The Morgan fingerprint density at radius 2 is 1.58 bits per heavy atom. The highest BCUT2D eigenvalue weighted by molar-refractivity contribution is 5.87. The number of ether oxygens (including phenoxy) is 1. The first-order valence-electron chi connectivity index (χ1n) is 10.7. The van der Waals surface area contributed by atoms with Crippen LogP contribution in [0.3, 0.4) is 0 Å². The Hall–Kier alpha value is -3.49. The molecule has 4 rings (SSSR count). The van der Waals surface area contributed by atoms with Gasteiger partial charge in [0.2, 0.25) is 5.91 Å². The molecule has 0 saturated heterocycles. The van der Waals surface area contributed by atoms with Crippen LogP contribution >= 0.6 is 0 Å². The van der Waals surface area contributed by atoms with Crippen molar-refractivity contribution in [2.75, 3.05) is 6.61 Å². The minimum atomic E-state index is -4.10. The van der Waals surface area contributed by atoms with E-state index in [0.29, 0.717) is 12.8 Å². The van der Waals surface area contributed by atoms with E-state index in [9.17, 15) is 23.2 Å². The number of carboxylic acid groups (broad SMARTS) is 1. The van der Waals surface area contributed by atoms with Crippen LogP contribution in [-0.4, -0.2) is 47.7 Å². The standard InChI is InChI=1S/C24H24F2N2O5/c1-13(21(29)28-20(14-10-11-14)24(25,26)22(30)31)27-23(32)33-12-19-17-8-4-2-6-15(17)16-7-3-5-9-18(16)19/h2-9,13-14,19-20H,10-12H2,1H3,(H,27,32)(H,28,29)(H,30,31). The molecule has 2 aromatic carbocycles. The summed E-state index contributed by atoms with van der Waals surface area (Å²) in [6.45, 7) is 1.36. The zero-order valence-corrected chi connectivity index (χ0v) is 17.9. The van der Waals surface area contributed by atoms with Crippen molar-refractivity contribution < 1.29 is 33.0 Å². The monoisotopic (exact) mass is 458 g/mol. The fourth-order valence-corrected chi connectivity index (χ4v) is 4.23. The van der Waals surface area contributed by atoms with Gasteiger partial charge in [0.1, 0.15) is 18.7 Å². The Bertz CT molecular complexity index is 1040. The minimum absolute atomic E-state index is 0.0377. The van der Waals surface area contributed by atoms with Gasteiger partial charge in [0, 0.05) is 5.92 Å². The maximum absolute atomic E-state index is 14.0. The molecule has 2 aliphatic carbocycles. The van der Waals surface area contributed by atoms with Crippen LogP contribution in [0.5, 0.6) is 0 Å². The van der Waals surface area contributed by atoms with Crippen molar-refractivity contribution >= 4 is 18.0 Å². The number of alkyl carbamates (subject to hydrolysis) is 1. The van der Waals surface area contributed by atoms with E-state index in [-0.39, 0.29) is 12.5 Å². The van der Waals surface area contributed by atoms with Crippen LogP contribution in [0.15, 0.2) is 48.5 Å². The molecule has 0 spiro atoms. The minimum Gasteiger partial charge on any atom is -0.477 e. The second-order valence-electron chi connectivity index (χ2n) is 8.44. The zero-order chi connectivity index (χ0) is 23.8. The predicted octanol–water partition coefficient (Wildman–Crippen LogP) is 3.53.